The van der Waals surface area contributed by atoms with Gasteiger partial charge in [0, 0.05) is 6.54 Å². The number of aliphatic carboxylic acids is 1. The highest BCUT2D eigenvalue weighted by Crippen LogP contribution is 1.96. The van der Waals surface area contributed by atoms with Gasteiger partial charge in [0.1, 0.15) is 0 Å². The maximum absolute atomic E-state index is 11.0. The Hall–Kier alpha value is -1.10. The predicted octanol–water partition coefficient (Wildman–Crippen LogP) is 0.736. The number of hydrogen-bond donors (Lipinski definition) is 1. The van der Waals surface area contributed by atoms with E-state index in [1.165, 1.54) is 0 Å². The van der Waals surface area contributed by atoms with E-state index >= 15 is 0 Å². The number of carbonyl (C=O) groups excluding carboxylic acids is 1. The number of carboxylic acid groups (broad SMARTS) is 1. The van der Waals surface area contributed by atoms with Gasteiger partial charge in [-0.05, 0) is 19.9 Å². The highest BCUT2D eigenvalue weighted by molar-refractivity contribution is 5.70. The van der Waals surface area contributed by atoms with Gasteiger partial charge >= 0.3 is 11.9 Å². The van der Waals surface area contributed by atoms with Crippen molar-refractivity contribution >= 4 is 11.9 Å². The molecular weight excluding hydrogens is 198 g/mol. The molecule has 5 heteroatoms. The molecule has 0 aromatic heterocycles. The summed E-state index contributed by atoms with van der Waals surface area (Å²) in [5.41, 5.74) is 0. The number of carboxylic acids is 1. The van der Waals surface area contributed by atoms with E-state index in [2.05, 4.69) is 0 Å². The molecule has 0 saturated carbocycles. The highest BCUT2D eigenvalue weighted by atomic mass is 16.5. The summed E-state index contributed by atoms with van der Waals surface area (Å²) in [7, 11) is 0. The third kappa shape index (κ3) is 7.93. The first-order valence-electron chi connectivity index (χ1n) is 5.19. The molecule has 0 fully saturated rings. The zero-order valence-electron chi connectivity index (χ0n) is 9.36. The molecule has 0 radical (unpaired) electrons. The van der Waals surface area contributed by atoms with Crippen LogP contribution in [-0.4, -0.2) is 48.2 Å². The average Bonchev–Trinajstić information content (AvgIpc) is 2.14. The molecule has 1 N–H and O–H groups in total. The fourth-order valence-electron chi connectivity index (χ4n) is 1.26. The van der Waals surface area contributed by atoms with Gasteiger partial charge in [-0.15, -0.1) is 0 Å². The Kier molecular flexibility index (Phi) is 7.62. The molecule has 0 aromatic carbocycles. The molecule has 0 aromatic rings. The van der Waals surface area contributed by atoms with E-state index < -0.39 is 5.97 Å². The standard InChI is InChI=1S/C10H19NO4/c1-3-6-11(8-9(12)13)7-5-10(14)15-4-2/h3-8H2,1-2H3,(H,12,13). The Bertz CT molecular complexity index is 206. The number of rotatable bonds is 8. The highest BCUT2D eigenvalue weighted by Gasteiger charge is 2.10. The fraction of sp³-hybridized carbons (Fsp3) is 0.800. The van der Waals surface area contributed by atoms with Gasteiger partial charge in [-0.2, -0.15) is 0 Å². The van der Waals surface area contributed by atoms with E-state index in [9.17, 15) is 9.59 Å². The van der Waals surface area contributed by atoms with Crippen molar-refractivity contribution in [1.82, 2.24) is 4.90 Å². The Morgan fingerprint density at radius 3 is 2.40 bits per heavy atom. The summed E-state index contributed by atoms with van der Waals surface area (Å²) in [4.78, 5) is 23.3. The smallest absolute Gasteiger partial charge is 0.317 e. The van der Waals surface area contributed by atoms with E-state index in [4.69, 9.17) is 9.84 Å². The van der Waals surface area contributed by atoms with E-state index in [0.29, 0.717) is 19.7 Å². The largest absolute Gasteiger partial charge is 0.480 e. The average molecular weight is 217 g/mol. The van der Waals surface area contributed by atoms with Crippen molar-refractivity contribution in [2.45, 2.75) is 26.7 Å². The second kappa shape index (κ2) is 8.23. The first-order chi connectivity index (χ1) is 7.10. The van der Waals surface area contributed by atoms with E-state index in [-0.39, 0.29) is 18.9 Å². The van der Waals surface area contributed by atoms with E-state index in [1.54, 1.807) is 11.8 Å². The molecule has 0 unspecified atom stereocenters. The molecule has 88 valence electrons. The fourth-order valence-corrected chi connectivity index (χ4v) is 1.26. The molecule has 5 nitrogen and oxygen atoms in total. The van der Waals surface area contributed by atoms with Crippen LogP contribution in [0.5, 0.6) is 0 Å². The number of ether oxygens (including phenoxy) is 1. The SMILES string of the molecule is CCCN(CCC(=O)OCC)CC(=O)O. The number of carbonyl (C=O) groups is 2. The third-order valence-electron chi connectivity index (χ3n) is 1.84. The lowest BCUT2D eigenvalue weighted by Gasteiger charge is -2.18. The lowest BCUT2D eigenvalue weighted by molar-refractivity contribution is -0.144. The molecule has 0 atom stereocenters. The Morgan fingerprint density at radius 2 is 1.93 bits per heavy atom. The molecule has 0 bridgehead atoms. The predicted molar refractivity (Wildman–Crippen MR) is 55.6 cm³/mol. The third-order valence-corrected chi connectivity index (χ3v) is 1.84. The molecule has 0 amide bonds. The Labute approximate surface area is 90.0 Å². The summed E-state index contributed by atoms with van der Waals surface area (Å²) >= 11 is 0. The molecule has 15 heavy (non-hydrogen) atoms. The number of nitrogens with zero attached hydrogens (tertiary/aromatic N) is 1. The minimum atomic E-state index is -0.868. The van der Waals surface area contributed by atoms with Crippen LogP contribution in [0.4, 0.5) is 0 Å². The Morgan fingerprint density at radius 1 is 1.27 bits per heavy atom. The second-order valence-corrected chi connectivity index (χ2v) is 3.22. The summed E-state index contributed by atoms with van der Waals surface area (Å²) in [6.45, 7) is 5.20. The van der Waals surface area contributed by atoms with Crippen LogP contribution in [0.2, 0.25) is 0 Å². The van der Waals surface area contributed by atoms with Crippen LogP contribution in [-0.2, 0) is 14.3 Å². The van der Waals surface area contributed by atoms with Crippen molar-refractivity contribution in [1.29, 1.82) is 0 Å². The first kappa shape index (κ1) is 13.9. The number of hydrogen-bond acceptors (Lipinski definition) is 4. The van der Waals surface area contributed by atoms with Gasteiger partial charge < -0.3 is 9.84 Å². The normalized spacial score (nSPS) is 10.3. The van der Waals surface area contributed by atoms with Crippen molar-refractivity contribution in [2.24, 2.45) is 0 Å². The van der Waals surface area contributed by atoms with Gasteiger partial charge in [0.15, 0.2) is 0 Å². The maximum Gasteiger partial charge on any atom is 0.317 e. The molecule has 0 aliphatic carbocycles. The van der Waals surface area contributed by atoms with Crippen molar-refractivity contribution in [2.75, 3.05) is 26.2 Å². The lowest BCUT2D eigenvalue weighted by Crippen LogP contribution is -2.32. The molecule has 0 spiro atoms. The summed E-state index contributed by atoms with van der Waals surface area (Å²) in [5.74, 6) is -1.14. The van der Waals surface area contributed by atoms with Crippen LogP contribution in [0, 0.1) is 0 Å². The maximum atomic E-state index is 11.0. The van der Waals surface area contributed by atoms with Crippen molar-refractivity contribution in [3.63, 3.8) is 0 Å². The van der Waals surface area contributed by atoms with E-state index in [0.717, 1.165) is 6.42 Å². The van der Waals surface area contributed by atoms with Crippen LogP contribution >= 0.6 is 0 Å². The summed E-state index contributed by atoms with van der Waals surface area (Å²) in [5, 5.41) is 8.62. The molecular formula is C10H19NO4. The molecule has 0 aliphatic rings. The summed E-state index contributed by atoms with van der Waals surface area (Å²) < 4.78 is 4.76. The van der Waals surface area contributed by atoms with Gasteiger partial charge in [0.25, 0.3) is 0 Å². The van der Waals surface area contributed by atoms with Crippen LogP contribution in [0.25, 0.3) is 0 Å². The molecule has 0 aliphatic heterocycles. The molecule has 0 rings (SSSR count). The van der Waals surface area contributed by atoms with Crippen LogP contribution in [0.1, 0.15) is 26.7 Å². The van der Waals surface area contributed by atoms with Gasteiger partial charge in [-0.1, -0.05) is 6.92 Å². The quantitative estimate of drug-likeness (QED) is 0.607. The molecule has 0 heterocycles. The number of esters is 1. The van der Waals surface area contributed by atoms with Gasteiger partial charge in [0.2, 0.25) is 0 Å². The zero-order valence-corrected chi connectivity index (χ0v) is 9.36. The second-order valence-electron chi connectivity index (χ2n) is 3.22. The molecule has 0 saturated heterocycles. The van der Waals surface area contributed by atoms with Crippen LogP contribution < -0.4 is 0 Å². The van der Waals surface area contributed by atoms with Crippen molar-refractivity contribution in [3.8, 4) is 0 Å². The van der Waals surface area contributed by atoms with Gasteiger partial charge in [-0.3, -0.25) is 14.5 Å². The monoisotopic (exact) mass is 217 g/mol. The lowest BCUT2D eigenvalue weighted by atomic mass is 10.3. The van der Waals surface area contributed by atoms with Crippen molar-refractivity contribution < 1.29 is 19.4 Å². The topological polar surface area (TPSA) is 66.8 Å². The summed E-state index contributed by atoms with van der Waals surface area (Å²) in [6.07, 6.45) is 1.12. The minimum absolute atomic E-state index is 0.0206. The zero-order chi connectivity index (χ0) is 11.7. The van der Waals surface area contributed by atoms with Crippen LogP contribution in [0.15, 0.2) is 0 Å². The van der Waals surface area contributed by atoms with Crippen LogP contribution in [0.3, 0.4) is 0 Å². The van der Waals surface area contributed by atoms with Crippen molar-refractivity contribution in [3.05, 3.63) is 0 Å². The van der Waals surface area contributed by atoms with Gasteiger partial charge in [0.05, 0.1) is 19.6 Å². The van der Waals surface area contributed by atoms with Gasteiger partial charge in [-0.25, -0.2) is 0 Å². The minimum Gasteiger partial charge on any atom is -0.480 e. The van der Waals surface area contributed by atoms with E-state index in [1.807, 2.05) is 6.92 Å². The Balaban J connectivity index is 3.84. The first-order valence-corrected chi connectivity index (χ1v) is 5.19. The summed E-state index contributed by atoms with van der Waals surface area (Å²) in [6, 6.07) is 0.